The van der Waals surface area contributed by atoms with E-state index in [0.717, 1.165) is 24.8 Å². The zero-order chi connectivity index (χ0) is 21.7. The Bertz CT molecular complexity index is 1030. The quantitative estimate of drug-likeness (QED) is 0.312. The Morgan fingerprint density at radius 2 is 2.03 bits per heavy atom. The highest BCUT2D eigenvalue weighted by Crippen LogP contribution is 2.23. The fourth-order valence-corrected chi connectivity index (χ4v) is 3.16. The third-order valence-electron chi connectivity index (χ3n) is 4.94. The van der Waals surface area contributed by atoms with E-state index in [1.54, 1.807) is 23.9 Å². The minimum Gasteiger partial charge on any atom is -0.497 e. The monoisotopic (exact) mass is 412 g/mol. The maximum atomic E-state index is 13.0. The summed E-state index contributed by atoms with van der Waals surface area (Å²) in [5.41, 5.74) is 8.27. The molecule has 160 valence electrons. The number of hydrogen-bond acceptors (Lipinski definition) is 6. The van der Waals surface area contributed by atoms with Crippen LogP contribution in [0.4, 0.5) is 5.95 Å². The van der Waals surface area contributed by atoms with Crippen LogP contribution in [0.25, 0.3) is 5.65 Å². The van der Waals surface area contributed by atoms with Gasteiger partial charge in [-0.1, -0.05) is 38.1 Å². The summed E-state index contributed by atoms with van der Waals surface area (Å²) in [4.78, 5) is 13.0. The Kier molecular flexibility index (Phi) is 6.87. The van der Waals surface area contributed by atoms with Crippen LogP contribution < -0.4 is 19.9 Å². The molecule has 0 bridgehead atoms. The molecule has 1 aromatic carbocycles. The number of methoxy groups -OCH3 is 1. The van der Waals surface area contributed by atoms with E-state index in [-0.39, 0.29) is 24.2 Å². The number of Topliss-reactive ketones (excluding diaryl/α,β-unsaturated/α-hetero) is 1. The maximum absolute atomic E-state index is 13.0. The van der Waals surface area contributed by atoms with Crippen molar-refractivity contribution in [2.75, 3.05) is 19.5 Å². The number of ether oxygens (including phenoxy) is 2. The van der Waals surface area contributed by atoms with Gasteiger partial charge in [0.2, 0.25) is 5.78 Å². The van der Waals surface area contributed by atoms with Crippen molar-refractivity contribution < 1.29 is 19.0 Å². The Morgan fingerprint density at radius 1 is 1.23 bits per heavy atom. The van der Waals surface area contributed by atoms with E-state index in [0.29, 0.717) is 29.4 Å². The van der Waals surface area contributed by atoms with Gasteiger partial charge in [0, 0.05) is 17.7 Å². The van der Waals surface area contributed by atoms with Gasteiger partial charge in [0.25, 0.3) is 5.88 Å². The lowest BCUT2D eigenvalue weighted by molar-refractivity contribution is -0.714. The smallest absolute Gasteiger partial charge is 0.355 e. The normalized spacial score (nSPS) is 11.2. The number of nitrogens with two attached hydrogens (primary N) is 1. The Morgan fingerprint density at radius 3 is 2.73 bits per heavy atom. The summed E-state index contributed by atoms with van der Waals surface area (Å²) in [6, 6.07) is 9.18. The first-order valence-electron chi connectivity index (χ1n) is 10.3. The first-order valence-corrected chi connectivity index (χ1v) is 10.3. The first-order chi connectivity index (χ1) is 14.4. The van der Waals surface area contributed by atoms with Crippen molar-refractivity contribution in [3.63, 3.8) is 0 Å². The lowest BCUT2D eigenvalue weighted by Crippen LogP contribution is -2.40. The number of hydrogen-bond donors (Lipinski definition) is 1. The van der Waals surface area contributed by atoms with Gasteiger partial charge in [0.1, 0.15) is 5.75 Å². The predicted molar refractivity (Wildman–Crippen MR) is 114 cm³/mol. The molecule has 0 saturated heterocycles. The number of benzene rings is 1. The third-order valence-corrected chi connectivity index (χ3v) is 4.94. The molecule has 0 unspecified atom stereocenters. The fraction of sp³-hybridized carbons (Fsp3) is 0.455. The van der Waals surface area contributed by atoms with Crippen molar-refractivity contribution in [3.8, 4) is 11.6 Å². The summed E-state index contributed by atoms with van der Waals surface area (Å²) in [5, 5.41) is 8.69. The molecular weight excluding hydrogens is 382 g/mol. The van der Waals surface area contributed by atoms with Gasteiger partial charge in [-0.05, 0) is 46.3 Å². The van der Waals surface area contributed by atoms with E-state index in [4.69, 9.17) is 15.2 Å². The van der Waals surface area contributed by atoms with Crippen LogP contribution in [-0.2, 0) is 6.54 Å². The molecule has 0 saturated carbocycles. The molecule has 2 aromatic heterocycles. The van der Waals surface area contributed by atoms with Crippen LogP contribution in [0.15, 0.2) is 30.3 Å². The molecule has 0 aliphatic carbocycles. The topological polar surface area (TPSA) is 95.6 Å². The molecule has 8 heteroatoms. The molecule has 2 N–H and O–H groups in total. The van der Waals surface area contributed by atoms with Gasteiger partial charge < -0.3 is 15.2 Å². The second kappa shape index (κ2) is 9.56. The van der Waals surface area contributed by atoms with E-state index in [1.807, 2.05) is 18.2 Å². The van der Waals surface area contributed by atoms with Gasteiger partial charge in [-0.3, -0.25) is 4.79 Å². The van der Waals surface area contributed by atoms with Crippen LogP contribution in [0, 0.1) is 0 Å². The predicted octanol–water partition coefficient (Wildman–Crippen LogP) is 3.18. The summed E-state index contributed by atoms with van der Waals surface area (Å²) in [5.74, 6) is 1.54. The molecule has 0 aliphatic heterocycles. The largest absolute Gasteiger partial charge is 0.497 e. The zero-order valence-electron chi connectivity index (χ0n) is 18.1. The Balaban J connectivity index is 1.82. The lowest BCUT2D eigenvalue weighted by Gasteiger charge is -2.10. The van der Waals surface area contributed by atoms with Crippen LogP contribution in [-0.4, -0.2) is 34.2 Å². The molecule has 0 radical (unpaired) electrons. The molecule has 30 heavy (non-hydrogen) atoms. The summed E-state index contributed by atoms with van der Waals surface area (Å²) in [6.45, 7) is 6.95. The number of nitrogens with zero attached hydrogens (tertiary/aromatic N) is 4. The number of anilines is 1. The molecule has 2 heterocycles. The van der Waals surface area contributed by atoms with E-state index < -0.39 is 0 Å². The SMILES string of the molecule is CCCCCOc1ccc2n(n1)c(N)n[n+]2CC(=O)c1cc(OC)cc(C(C)C)c1. The van der Waals surface area contributed by atoms with Crippen LogP contribution in [0.3, 0.4) is 0 Å². The number of ketones is 1. The van der Waals surface area contributed by atoms with E-state index in [9.17, 15) is 4.79 Å². The number of nitrogen functional groups attached to an aromatic ring is 1. The standard InChI is InChI=1S/C22H30N5O3/c1-5-6-7-10-30-20-8-9-21-26(25-22(23)27(21)24-20)14-19(28)17-11-16(15(2)3)12-18(13-17)29-4/h8-9,11-13,15H,5-7,10,14H2,1-4H3,(H2,23,25)/q+1. The van der Waals surface area contributed by atoms with Gasteiger partial charge in [-0.25, -0.2) is 0 Å². The van der Waals surface area contributed by atoms with Crippen LogP contribution in [0.1, 0.15) is 61.9 Å². The molecule has 0 atom stereocenters. The number of rotatable bonds is 10. The maximum Gasteiger partial charge on any atom is 0.355 e. The number of fused-ring (bicyclic) bond motifs is 1. The van der Waals surface area contributed by atoms with E-state index in [1.165, 1.54) is 4.52 Å². The second-order valence-electron chi connectivity index (χ2n) is 7.59. The molecule has 3 aromatic rings. The third kappa shape index (κ3) is 4.87. The van der Waals surface area contributed by atoms with Crippen molar-refractivity contribution in [2.45, 2.75) is 52.5 Å². The highest BCUT2D eigenvalue weighted by molar-refractivity contribution is 5.95. The van der Waals surface area contributed by atoms with Crippen molar-refractivity contribution in [1.82, 2.24) is 14.7 Å². The average Bonchev–Trinajstić information content (AvgIpc) is 3.05. The second-order valence-corrected chi connectivity index (χ2v) is 7.59. The van der Waals surface area contributed by atoms with Gasteiger partial charge in [-0.15, -0.1) is 4.68 Å². The summed E-state index contributed by atoms with van der Waals surface area (Å²) < 4.78 is 14.1. The number of carbonyl (C=O) groups excluding carboxylic acids is 1. The fourth-order valence-electron chi connectivity index (χ4n) is 3.16. The van der Waals surface area contributed by atoms with Crippen molar-refractivity contribution >= 4 is 17.4 Å². The van der Waals surface area contributed by atoms with Gasteiger partial charge >= 0.3 is 11.6 Å². The van der Waals surface area contributed by atoms with Crippen LogP contribution in [0.2, 0.25) is 0 Å². The van der Waals surface area contributed by atoms with Crippen molar-refractivity contribution in [2.24, 2.45) is 0 Å². The van der Waals surface area contributed by atoms with Crippen LogP contribution in [0.5, 0.6) is 11.6 Å². The Labute approximate surface area is 176 Å². The van der Waals surface area contributed by atoms with Crippen molar-refractivity contribution in [3.05, 3.63) is 41.5 Å². The summed E-state index contributed by atoms with van der Waals surface area (Å²) >= 11 is 0. The van der Waals surface area contributed by atoms with Gasteiger partial charge in [-0.2, -0.15) is 0 Å². The minimum atomic E-state index is -0.0827. The number of unbranched alkanes of at least 4 members (excludes halogenated alkanes) is 2. The van der Waals surface area contributed by atoms with E-state index >= 15 is 0 Å². The average molecular weight is 413 g/mol. The van der Waals surface area contributed by atoms with Crippen molar-refractivity contribution in [1.29, 1.82) is 0 Å². The van der Waals surface area contributed by atoms with Gasteiger partial charge in [0.15, 0.2) is 6.54 Å². The number of aromatic nitrogens is 4. The summed E-state index contributed by atoms with van der Waals surface area (Å²) in [7, 11) is 1.60. The molecule has 3 rings (SSSR count). The first kappa shape index (κ1) is 21.5. The Hall–Kier alpha value is -3.16. The molecule has 8 nitrogen and oxygen atoms in total. The highest BCUT2D eigenvalue weighted by atomic mass is 16.5. The van der Waals surface area contributed by atoms with Crippen LogP contribution >= 0.6 is 0 Å². The molecule has 0 amide bonds. The summed E-state index contributed by atoms with van der Waals surface area (Å²) in [6.07, 6.45) is 3.22. The van der Waals surface area contributed by atoms with E-state index in [2.05, 4.69) is 31.0 Å². The number of carbonyl (C=O) groups is 1. The molecular formula is C22H30N5O3+. The molecule has 0 aliphatic rings. The lowest BCUT2D eigenvalue weighted by atomic mass is 9.98. The van der Waals surface area contributed by atoms with Gasteiger partial charge in [0.05, 0.1) is 13.7 Å². The molecule has 0 fully saturated rings. The molecule has 0 spiro atoms. The highest BCUT2D eigenvalue weighted by Gasteiger charge is 2.23. The zero-order valence-corrected chi connectivity index (χ0v) is 18.1. The minimum absolute atomic E-state index is 0.0454.